The molecule has 0 saturated heterocycles. The molecule has 2 aromatic carbocycles. The van der Waals surface area contributed by atoms with E-state index in [0.717, 1.165) is 4.47 Å². The largest absolute Gasteiger partial charge is 0.422 e. The molecule has 0 aliphatic heterocycles. The summed E-state index contributed by atoms with van der Waals surface area (Å²) < 4.78 is 31.2. The Kier molecular flexibility index (Phi) is 4.27. The summed E-state index contributed by atoms with van der Waals surface area (Å²) in [6.45, 7) is 0. The van der Waals surface area contributed by atoms with E-state index >= 15 is 0 Å². The Bertz CT molecular complexity index is 1090. The quantitative estimate of drug-likeness (QED) is 0.549. The fraction of sp³-hybridized carbons (Fsp3) is 0. The molecule has 0 saturated carbocycles. The minimum absolute atomic E-state index is 0.0839. The van der Waals surface area contributed by atoms with Gasteiger partial charge in [-0.25, -0.2) is 13.2 Å². The van der Waals surface area contributed by atoms with Crippen molar-refractivity contribution >= 4 is 59.9 Å². The molecule has 4 nitrogen and oxygen atoms in total. The van der Waals surface area contributed by atoms with E-state index in [0.29, 0.717) is 11.0 Å². The van der Waals surface area contributed by atoms with Crippen molar-refractivity contribution in [1.82, 2.24) is 0 Å². The van der Waals surface area contributed by atoms with E-state index in [-0.39, 0.29) is 14.9 Å². The van der Waals surface area contributed by atoms with E-state index in [1.165, 1.54) is 24.3 Å². The third-order valence-electron chi connectivity index (χ3n) is 3.15. The number of sulfone groups is 1. The van der Waals surface area contributed by atoms with Gasteiger partial charge < -0.3 is 4.42 Å². The lowest BCUT2D eigenvalue weighted by Crippen LogP contribution is -2.14. The zero-order valence-electron chi connectivity index (χ0n) is 11.2. The first-order valence-corrected chi connectivity index (χ1v) is 9.26. The van der Waals surface area contributed by atoms with Crippen molar-refractivity contribution < 1.29 is 12.8 Å². The van der Waals surface area contributed by atoms with Gasteiger partial charge >= 0.3 is 5.63 Å². The second kappa shape index (κ2) is 5.94. The van der Waals surface area contributed by atoms with Gasteiger partial charge in [-0.05, 0) is 42.5 Å². The van der Waals surface area contributed by atoms with Crippen molar-refractivity contribution in [3.05, 3.63) is 67.4 Å². The van der Waals surface area contributed by atoms with Gasteiger partial charge in [-0.15, -0.1) is 0 Å². The number of fused-ring (bicyclic) bond motifs is 1. The Morgan fingerprint density at radius 1 is 0.957 bits per heavy atom. The number of rotatable bonds is 2. The van der Waals surface area contributed by atoms with Gasteiger partial charge in [0.25, 0.3) is 0 Å². The molecule has 0 bridgehead atoms. The van der Waals surface area contributed by atoms with Gasteiger partial charge in [-0.1, -0.05) is 39.1 Å². The van der Waals surface area contributed by atoms with Crippen LogP contribution in [0.1, 0.15) is 0 Å². The maximum absolute atomic E-state index is 12.7. The molecule has 0 fully saturated rings. The lowest BCUT2D eigenvalue weighted by molar-refractivity contribution is 0.532. The zero-order chi connectivity index (χ0) is 16.8. The molecule has 0 unspecified atom stereocenters. The Labute approximate surface area is 149 Å². The second-order valence-corrected chi connectivity index (χ2v) is 8.31. The Morgan fingerprint density at radius 3 is 2.39 bits per heavy atom. The molecular weight excluding hydrogens is 427 g/mol. The lowest BCUT2D eigenvalue weighted by atomic mass is 10.2. The van der Waals surface area contributed by atoms with Crippen LogP contribution >= 0.6 is 39.1 Å². The molecule has 23 heavy (non-hydrogen) atoms. The summed E-state index contributed by atoms with van der Waals surface area (Å²) in [4.78, 5) is 11.5. The molecule has 118 valence electrons. The predicted molar refractivity (Wildman–Crippen MR) is 92.1 cm³/mol. The van der Waals surface area contributed by atoms with Gasteiger partial charge in [-0.2, -0.15) is 0 Å². The highest BCUT2D eigenvalue weighted by Gasteiger charge is 2.24. The third kappa shape index (κ3) is 3.04. The number of hydrogen-bond acceptors (Lipinski definition) is 4. The Hall–Kier alpha value is -1.34. The average molecular weight is 434 g/mol. The first-order chi connectivity index (χ1) is 10.8. The SMILES string of the molecule is O=c1oc2ccc(Br)cc2cc1S(=O)(=O)c1ccc(Cl)c(Cl)c1. The van der Waals surface area contributed by atoms with Gasteiger partial charge in [0.15, 0.2) is 4.90 Å². The van der Waals surface area contributed by atoms with Gasteiger partial charge in [-0.3, -0.25) is 0 Å². The smallest absolute Gasteiger partial charge is 0.355 e. The van der Waals surface area contributed by atoms with Crippen molar-refractivity contribution in [2.45, 2.75) is 9.79 Å². The minimum atomic E-state index is -4.08. The van der Waals surface area contributed by atoms with Crippen LogP contribution in [0, 0.1) is 0 Å². The van der Waals surface area contributed by atoms with Gasteiger partial charge in [0.2, 0.25) is 9.84 Å². The van der Waals surface area contributed by atoms with Crippen molar-refractivity contribution in [3.63, 3.8) is 0 Å². The summed E-state index contributed by atoms with van der Waals surface area (Å²) in [5.41, 5.74) is -0.641. The number of hydrogen-bond donors (Lipinski definition) is 0. The van der Waals surface area contributed by atoms with Crippen LogP contribution in [-0.4, -0.2) is 8.42 Å². The van der Waals surface area contributed by atoms with E-state index < -0.39 is 20.4 Å². The summed E-state index contributed by atoms with van der Waals surface area (Å²) in [5, 5.41) is 0.790. The van der Waals surface area contributed by atoms with E-state index in [1.54, 1.807) is 18.2 Å². The summed E-state index contributed by atoms with van der Waals surface area (Å²) in [6, 6.07) is 10.1. The summed E-state index contributed by atoms with van der Waals surface area (Å²) in [7, 11) is -4.08. The Balaban J connectivity index is 2.27. The molecule has 0 N–H and O–H groups in total. The van der Waals surface area contributed by atoms with Crippen LogP contribution in [0.15, 0.2) is 65.9 Å². The standard InChI is InChI=1S/C15H7BrCl2O4S/c16-9-1-4-13-8(5-9)6-14(15(19)22-13)23(20,21)10-2-3-11(17)12(18)7-10/h1-7H. The monoisotopic (exact) mass is 432 g/mol. The highest BCUT2D eigenvalue weighted by atomic mass is 79.9. The minimum Gasteiger partial charge on any atom is -0.422 e. The van der Waals surface area contributed by atoms with Crippen LogP contribution in [-0.2, 0) is 9.84 Å². The molecule has 1 heterocycles. The molecule has 1 aromatic heterocycles. The fourth-order valence-electron chi connectivity index (χ4n) is 2.03. The normalized spacial score (nSPS) is 11.8. The maximum Gasteiger partial charge on any atom is 0.355 e. The molecule has 3 aromatic rings. The van der Waals surface area contributed by atoms with Gasteiger partial charge in [0.05, 0.1) is 14.9 Å². The zero-order valence-corrected chi connectivity index (χ0v) is 15.1. The fourth-order valence-corrected chi connectivity index (χ4v) is 4.09. The van der Waals surface area contributed by atoms with Gasteiger partial charge in [0, 0.05) is 9.86 Å². The second-order valence-electron chi connectivity index (χ2n) is 4.66. The maximum atomic E-state index is 12.7. The Morgan fingerprint density at radius 2 is 1.70 bits per heavy atom. The molecule has 0 spiro atoms. The molecule has 0 radical (unpaired) electrons. The molecule has 3 rings (SSSR count). The van der Waals surface area contributed by atoms with E-state index in [2.05, 4.69) is 15.9 Å². The highest BCUT2D eigenvalue weighted by Crippen LogP contribution is 2.28. The van der Waals surface area contributed by atoms with Crippen molar-refractivity contribution in [2.24, 2.45) is 0 Å². The number of halogens is 3. The number of benzene rings is 2. The summed E-state index contributed by atoms with van der Waals surface area (Å²) >= 11 is 14.9. The highest BCUT2D eigenvalue weighted by molar-refractivity contribution is 9.10. The lowest BCUT2D eigenvalue weighted by Gasteiger charge is -2.06. The molecular formula is C15H7BrCl2O4S. The van der Waals surface area contributed by atoms with E-state index in [9.17, 15) is 13.2 Å². The van der Waals surface area contributed by atoms with Crippen LogP contribution in [0.2, 0.25) is 10.0 Å². The molecule has 0 aliphatic carbocycles. The van der Waals surface area contributed by atoms with Crippen molar-refractivity contribution in [1.29, 1.82) is 0 Å². The van der Waals surface area contributed by atoms with Crippen LogP contribution in [0.25, 0.3) is 11.0 Å². The van der Waals surface area contributed by atoms with Crippen LogP contribution in [0.5, 0.6) is 0 Å². The third-order valence-corrected chi connectivity index (χ3v) is 6.12. The van der Waals surface area contributed by atoms with E-state index in [1.807, 2.05) is 0 Å². The van der Waals surface area contributed by atoms with Crippen molar-refractivity contribution in [3.8, 4) is 0 Å². The molecule has 0 atom stereocenters. The summed E-state index contributed by atoms with van der Waals surface area (Å²) in [6.07, 6.45) is 0. The topological polar surface area (TPSA) is 64.3 Å². The first-order valence-electron chi connectivity index (χ1n) is 6.22. The van der Waals surface area contributed by atoms with Crippen LogP contribution < -0.4 is 5.63 Å². The average Bonchev–Trinajstić information content (AvgIpc) is 2.49. The van der Waals surface area contributed by atoms with Crippen LogP contribution in [0.4, 0.5) is 0 Å². The predicted octanol–water partition coefficient (Wildman–Crippen LogP) is 4.70. The van der Waals surface area contributed by atoms with Gasteiger partial charge in [0.1, 0.15) is 5.58 Å². The molecule has 0 aliphatic rings. The van der Waals surface area contributed by atoms with Crippen LogP contribution in [0.3, 0.4) is 0 Å². The molecule has 8 heteroatoms. The van der Waals surface area contributed by atoms with Crippen molar-refractivity contribution in [2.75, 3.05) is 0 Å². The summed E-state index contributed by atoms with van der Waals surface area (Å²) in [5.74, 6) is 0. The first kappa shape index (κ1) is 16.5. The molecule has 0 amide bonds. The van der Waals surface area contributed by atoms with E-state index in [4.69, 9.17) is 27.6 Å².